The number of rotatable bonds is 5. The predicted octanol–water partition coefficient (Wildman–Crippen LogP) is 4.04. The van der Waals surface area contributed by atoms with Crippen molar-refractivity contribution in [1.82, 2.24) is 15.1 Å². The van der Waals surface area contributed by atoms with E-state index in [1.54, 1.807) is 0 Å². The van der Waals surface area contributed by atoms with Gasteiger partial charge in [-0.25, -0.2) is 0 Å². The molecule has 0 saturated carbocycles. The van der Waals surface area contributed by atoms with Crippen LogP contribution in [-0.4, -0.2) is 15.8 Å². The minimum absolute atomic E-state index is 0.454. The number of aromatic nitrogens is 2. The van der Waals surface area contributed by atoms with Gasteiger partial charge in [-0.15, -0.1) is 0 Å². The van der Waals surface area contributed by atoms with Gasteiger partial charge in [-0.1, -0.05) is 43.1 Å². The molecule has 2 rings (SSSR count). The number of nitrogens with zero attached hydrogens (tertiary/aromatic N) is 2. The van der Waals surface area contributed by atoms with E-state index in [0.29, 0.717) is 22.6 Å². The molecule has 0 fully saturated rings. The highest BCUT2D eigenvalue weighted by Gasteiger charge is 2.10. The fourth-order valence-corrected chi connectivity index (χ4v) is 2.49. The first-order valence-electron chi connectivity index (χ1n) is 6.66. The van der Waals surface area contributed by atoms with Crippen molar-refractivity contribution in [1.29, 1.82) is 0 Å². The van der Waals surface area contributed by atoms with Gasteiger partial charge in [0.2, 0.25) is 0 Å². The smallest absolute Gasteiger partial charge is 0.0688 e. The third kappa shape index (κ3) is 3.75. The summed E-state index contributed by atoms with van der Waals surface area (Å²) in [5.41, 5.74) is 3.13. The molecule has 0 saturated heterocycles. The molecule has 3 nitrogen and oxygen atoms in total. The van der Waals surface area contributed by atoms with Crippen molar-refractivity contribution < 1.29 is 0 Å². The first kappa shape index (κ1) is 15.4. The fraction of sp³-hybridized carbons (Fsp3) is 0.400. The number of halogens is 2. The third-order valence-electron chi connectivity index (χ3n) is 3.13. The molecular weight excluding hydrogens is 293 g/mol. The van der Waals surface area contributed by atoms with Gasteiger partial charge in [-0.3, -0.25) is 4.68 Å². The summed E-state index contributed by atoms with van der Waals surface area (Å²) in [6.45, 7) is 7.68. The van der Waals surface area contributed by atoms with E-state index in [-0.39, 0.29) is 0 Å². The molecule has 0 atom stereocenters. The van der Waals surface area contributed by atoms with Gasteiger partial charge < -0.3 is 5.32 Å². The van der Waals surface area contributed by atoms with Gasteiger partial charge in [0.15, 0.2) is 0 Å². The Labute approximate surface area is 129 Å². The summed E-state index contributed by atoms with van der Waals surface area (Å²) in [6.07, 6.45) is 2.05. The molecule has 0 radical (unpaired) electrons. The Morgan fingerprint density at radius 3 is 2.50 bits per heavy atom. The number of nitrogens with one attached hydrogen (secondary N) is 1. The van der Waals surface area contributed by atoms with E-state index >= 15 is 0 Å². The standard InChI is InChI=1S/C15H19Cl2N3/c1-10(2)18-7-12-8-20(19-11(12)3)9-13-14(16)5-4-6-15(13)17/h4-6,8,10,18H,7,9H2,1-3H3. The molecule has 5 heteroatoms. The van der Waals surface area contributed by atoms with Crippen LogP contribution in [0.5, 0.6) is 0 Å². The molecule has 2 aromatic rings. The Morgan fingerprint density at radius 2 is 1.90 bits per heavy atom. The third-order valence-corrected chi connectivity index (χ3v) is 3.84. The van der Waals surface area contributed by atoms with Crippen LogP contribution in [0.3, 0.4) is 0 Å². The molecule has 108 valence electrons. The SMILES string of the molecule is Cc1nn(Cc2c(Cl)cccc2Cl)cc1CNC(C)C. The number of hydrogen-bond donors (Lipinski definition) is 1. The van der Waals surface area contributed by atoms with Gasteiger partial charge in [0.1, 0.15) is 0 Å². The molecule has 0 aliphatic rings. The average Bonchev–Trinajstić information content (AvgIpc) is 2.72. The topological polar surface area (TPSA) is 29.9 Å². The first-order valence-corrected chi connectivity index (χ1v) is 7.42. The lowest BCUT2D eigenvalue weighted by molar-refractivity contribution is 0.587. The first-order chi connectivity index (χ1) is 9.47. The van der Waals surface area contributed by atoms with Crippen molar-refractivity contribution >= 4 is 23.2 Å². The second-order valence-corrected chi connectivity index (χ2v) is 5.99. The van der Waals surface area contributed by atoms with Gasteiger partial charge in [0.05, 0.1) is 12.2 Å². The highest BCUT2D eigenvalue weighted by Crippen LogP contribution is 2.25. The second-order valence-electron chi connectivity index (χ2n) is 5.17. The Hall–Kier alpha value is -1.03. The number of aryl methyl sites for hydroxylation is 1. The highest BCUT2D eigenvalue weighted by molar-refractivity contribution is 6.35. The van der Waals surface area contributed by atoms with Crippen LogP contribution in [0.2, 0.25) is 10.0 Å². The molecule has 1 heterocycles. The molecule has 0 spiro atoms. The summed E-state index contributed by atoms with van der Waals surface area (Å²) in [4.78, 5) is 0. The van der Waals surface area contributed by atoms with E-state index in [2.05, 4.69) is 24.3 Å². The van der Waals surface area contributed by atoms with Crippen LogP contribution in [-0.2, 0) is 13.1 Å². The van der Waals surface area contributed by atoms with Crippen LogP contribution < -0.4 is 5.32 Å². The van der Waals surface area contributed by atoms with E-state index in [9.17, 15) is 0 Å². The number of benzene rings is 1. The summed E-state index contributed by atoms with van der Waals surface area (Å²) in [5, 5.41) is 9.27. The lowest BCUT2D eigenvalue weighted by Gasteiger charge is -2.07. The molecule has 0 aliphatic carbocycles. The monoisotopic (exact) mass is 311 g/mol. The van der Waals surface area contributed by atoms with Gasteiger partial charge in [-0.05, 0) is 19.1 Å². The molecule has 1 aromatic carbocycles. The molecule has 0 amide bonds. The largest absolute Gasteiger partial charge is 0.310 e. The van der Waals surface area contributed by atoms with E-state index < -0.39 is 0 Å². The fourth-order valence-electron chi connectivity index (χ4n) is 1.97. The van der Waals surface area contributed by atoms with Crippen molar-refractivity contribution in [2.24, 2.45) is 0 Å². The molecule has 0 aliphatic heterocycles. The van der Waals surface area contributed by atoms with Crippen LogP contribution in [0.15, 0.2) is 24.4 Å². The van der Waals surface area contributed by atoms with Crippen LogP contribution in [0.4, 0.5) is 0 Å². The van der Waals surface area contributed by atoms with Crippen LogP contribution in [0.1, 0.15) is 30.7 Å². The maximum Gasteiger partial charge on any atom is 0.0688 e. The van der Waals surface area contributed by atoms with Crippen LogP contribution >= 0.6 is 23.2 Å². The van der Waals surface area contributed by atoms with E-state index in [0.717, 1.165) is 17.8 Å². The van der Waals surface area contributed by atoms with Crippen LogP contribution in [0.25, 0.3) is 0 Å². The van der Waals surface area contributed by atoms with E-state index in [4.69, 9.17) is 23.2 Å². The lowest BCUT2D eigenvalue weighted by atomic mass is 10.2. The Morgan fingerprint density at radius 1 is 1.25 bits per heavy atom. The molecule has 0 unspecified atom stereocenters. The normalized spacial score (nSPS) is 11.3. The maximum atomic E-state index is 6.19. The summed E-state index contributed by atoms with van der Waals surface area (Å²) in [5.74, 6) is 0. The van der Waals surface area contributed by atoms with Crippen molar-refractivity contribution in [3.05, 3.63) is 51.3 Å². The minimum Gasteiger partial charge on any atom is -0.310 e. The molecule has 1 aromatic heterocycles. The van der Waals surface area contributed by atoms with E-state index in [1.165, 1.54) is 5.56 Å². The Balaban J connectivity index is 2.16. The maximum absolute atomic E-state index is 6.19. The van der Waals surface area contributed by atoms with Gasteiger partial charge >= 0.3 is 0 Å². The van der Waals surface area contributed by atoms with Crippen molar-refractivity contribution in [2.45, 2.75) is 39.9 Å². The summed E-state index contributed by atoms with van der Waals surface area (Å²) >= 11 is 12.4. The zero-order chi connectivity index (χ0) is 14.7. The molecule has 1 N–H and O–H groups in total. The zero-order valence-corrected chi connectivity index (χ0v) is 13.5. The van der Waals surface area contributed by atoms with Crippen LogP contribution in [0, 0.1) is 6.92 Å². The van der Waals surface area contributed by atoms with Gasteiger partial charge in [0, 0.05) is 40.0 Å². The van der Waals surface area contributed by atoms with E-state index in [1.807, 2.05) is 36.0 Å². The quantitative estimate of drug-likeness (QED) is 0.903. The molecule has 0 bridgehead atoms. The Bertz CT molecular complexity index is 571. The van der Waals surface area contributed by atoms with Crippen molar-refractivity contribution in [3.8, 4) is 0 Å². The average molecular weight is 312 g/mol. The summed E-state index contributed by atoms with van der Waals surface area (Å²) in [6, 6.07) is 6.00. The minimum atomic E-state index is 0.454. The summed E-state index contributed by atoms with van der Waals surface area (Å²) in [7, 11) is 0. The van der Waals surface area contributed by atoms with Gasteiger partial charge in [-0.2, -0.15) is 5.10 Å². The highest BCUT2D eigenvalue weighted by atomic mass is 35.5. The number of hydrogen-bond acceptors (Lipinski definition) is 2. The lowest BCUT2D eigenvalue weighted by Crippen LogP contribution is -2.21. The summed E-state index contributed by atoms with van der Waals surface area (Å²) < 4.78 is 1.89. The second kappa shape index (κ2) is 6.61. The molecular formula is C15H19Cl2N3. The van der Waals surface area contributed by atoms with Crippen molar-refractivity contribution in [2.75, 3.05) is 0 Å². The molecule has 20 heavy (non-hydrogen) atoms. The van der Waals surface area contributed by atoms with Gasteiger partial charge in [0.25, 0.3) is 0 Å². The Kier molecular flexibility index (Phi) is 5.08. The van der Waals surface area contributed by atoms with Crippen molar-refractivity contribution in [3.63, 3.8) is 0 Å². The predicted molar refractivity (Wildman–Crippen MR) is 84.5 cm³/mol. The zero-order valence-electron chi connectivity index (χ0n) is 12.0.